The molecule has 0 aliphatic carbocycles. The first kappa shape index (κ1) is 21.8. The van der Waals surface area contributed by atoms with Gasteiger partial charge in [-0.05, 0) is 37.8 Å². The Morgan fingerprint density at radius 2 is 2.18 bits per heavy atom. The molecule has 0 saturated carbocycles. The Kier molecular flexibility index (Phi) is 6.26. The largest absolute Gasteiger partial charge is 0.496 e. The minimum Gasteiger partial charge on any atom is -0.496 e. The van der Waals surface area contributed by atoms with Crippen molar-refractivity contribution < 1.29 is 14.2 Å². The van der Waals surface area contributed by atoms with E-state index in [0.29, 0.717) is 12.6 Å². The van der Waals surface area contributed by atoms with Crippen LogP contribution < -0.4 is 10.1 Å². The number of aryl methyl sites for hydroxylation is 2. The van der Waals surface area contributed by atoms with Crippen molar-refractivity contribution in [1.29, 1.82) is 0 Å². The minimum absolute atomic E-state index is 0.116. The first-order chi connectivity index (χ1) is 16.1. The fourth-order valence-electron chi connectivity index (χ4n) is 4.06. The Morgan fingerprint density at radius 3 is 2.94 bits per heavy atom. The normalized spacial score (nSPS) is 16.3. The number of aromatic nitrogens is 4. The molecule has 0 radical (unpaired) electrons. The van der Waals surface area contributed by atoms with E-state index in [-0.39, 0.29) is 6.29 Å². The third kappa shape index (κ3) is 4.71. The number of anilines is 2. The Morgan fingerprint density at radius 1 is 1.27 bits per heavy atom. The number of methoxy groups -OCH3 is 1. The molecule has 4 aromatic rings. The van der Waals surface area contributed by atoms with Crippen LogP contribution in [0.2, 0.25) is 0 Å². The van der Waals surface area contributed by atoms with Crippen molar-refractivity contribution in [3.63, 3.8) is 0 Å². The predicted octanol–water partition coefficient (Wildman–Crippen LogP) is 5.20. The fraction of sp³-hybridized carbons (Fsp3) is 0.375. The summed E-state index contributed by atoms with van der Waals surface area (Å²) in [5.41, 5.74) is 4.86. The molecule has 8 nitrogen and oxygen atoms in total. The molecule has 3 aromatic heterocycles. The predicted molar refractivity (Wildman–Crippen MR) is 129 cm³/mol. The van der Waals surface area contributed by atoms with Gasteiger partial charge in [-0.15, -0.1) is 11.3 Å². The molecular weight excluding hydrogens is 438 g/mol. The molecule has 0 spiro atoms. The van der Waals surface area contributed by atoms with Crippen LogP contribution in [0.3, 0.4) is 0 Å². The van der Waals surface area contributed by atoms with Crippen LogP contribution in [0, 0.1) is 6.92 Å². The first-order valence-corrected chi connectivity index (χ1v) is 11.8. The van der Waals surface area contributed by atoms with Crippen molar-refractivity contribution in [2.45, 2.75) is 39.1 Å². The Balaban J connectivity index is 1.44. The van der Waals surface area contributed by atoms with E-state index in [4.69, 9.17) is 19.2 Å². The molecule has 1 aromatic carbocycles. The van der Waals surface area contributed by atoms with E-state index in [2.05, 4.69) is 34.5 Å². The number of nitrogens with zero attached hydrogens (tertiary/aromatic N) is 4. The molecule has 1 aliphatic heterocycles. The average molecular weight is 466 g/mol. The summed E-state index contributed by atoms with van der Waals surface area (Å²) in [6.45, 7) is 3.37. The van der Waals surface area contributed by atoms with Crippen LogP contribution in [0.5, 0.6) is 5.75 Å². The summed E-state index contributed by atoms with van der Waals surface area (Å²) in [6, 6.07) is 6.21. The van der Waals surface area contributed by atoms with E-state index in [1.54, 1.807) is 29.3 Å². The van der Waals surface area contributed by atoms with Gasteiger partial charge in [0.25, 0.3) is 0 Å². The highest BCUT2D eigenvalue weighted by Gasteiger charge is 2.19. The highest BCUT2D eigenvalue weighted by atomic mass is 32.1. The zero-order valence-electron chi connectivity index (χ0n) is 19.0. The smallest absolute Gasteiger partial charge is 0.227 e. The van der Waals surface area contributed by atoms with Crippen LogP contribution in [0.15, 0.2) is 36.8 Å². The van der Waals surface area contributed by atoms with Gasteiger partial charge in [-0.25, -0.2) is 9.97 Å². The summed E-state index contributed by atoms with van der Waals surface area (Å²) in [5, 5.41) is 7.42. The molecule has 172 valence electrons. The number of hydrogen-bond acceptors (Lipinski definition) is 8. The minimum atomic E-state index is -0.116. The molecular formula is C24H27N5O3S. The third-order valence-electron chi connectivity index (χ3n) is 5.68. The Bertz CT molecular complexity index is 1260. The second kappa shape index (κ2) is 9.46. The van der Waals surface area contributed by atoms with Crippen LogP contribution >= 0.6 is 11.3 Å². The summed E-state index contributed by atoms with van der Waals surface area (Å²) in [7, 11) is 3.57. The summed E-state index contributed by atoms with van der Waals surface area (Å²) in [4.78, 5) is 10.5. The van der Waals surface area contributed by atoms with Gasteiger partial charge >= 0.3 is 0 Å². The SMILES string of the molecule is COc1cc(COC2CCCCO2)ccc1-c1c(C)sc2cnc(Nc3cnn(C)c3)nc12. The molecule has 9 heteroatoms. The third-order valence-corrected chi connectivity index (χ3v) is 6.71. The van der Waals surface area contributed by atoms with E-state index >= 15 is 0 Å². The number of ether oxygens (including phenoxy) is 3. The average Bonchev–Trinajstić information content (AvgIpc) is 3.39. The number of thiophene rings is 1. The van der Waals surface area contributed by atoms with Crippen molar-refractivity contribution in [3.05, 3.63) is 47.2 Å². The van der Waals surface area contributed by atoms with Crippen molar-refractivity contribution in [3.8, 4) is 16.9 Å². The molecule has 0 bridgehead atoms. The maximum atomic E-state index is 5.96. The number of nitrogens with one attached hydrogen (secondary N) is 1. The van der Waals surface area contributed by atoms with Gasteiger partial charge in [0.15, 0.2) is 6.29 Å². The van der Waals surface area contributed by atoms with E-state index in [0.717, 1.165) is 69.1 Å². The molecule has 1 unspecified atom stereocenters. The van der Waals surface area contributed by atoms with E-state index in [9.17, 15) is 0 Å². The van der Waals surface area contributed by atoms with E-state index < -0.39 is 0 Å². The number of rotatable bonds is 7. The van der Waals surface area contributed by atoms with Crippen molar-refractivity contribution in [2.75, 3.05) is 19.0 Å². The van der Waals surface area contributed by atoms with Gasteiger partial charge in [0, 0.05) is 35.9 Å². The monoisotopic (exact) mass is 465 g/mol. The summed E-state index contributed by atoms with van der Waals surface area (Å²) in [6.07, 6.45) is 8.59. The maximum absolute atomic E-state index is 5.96. The topological polar surface area (TPSA) is 83.3 Å². The van der Waals surface area contributed by atoms with Crippen LogP contribution in [-0.2, 0) is 23.1 Å². The Labute approximate surface area is 196 Å². The lowest BCUT2D eigenvalue weighted by Gasteiger charge is -2.22. The highest BCUT2D eigenvalue weighted by Crippen LogP contribution is 2.42. The van der Waals surface area contributed by atoms with Crippen molar-refractivity contribution >= 4 is 33.2 Å². The maximum Gasteiger partial charge on any atom is 0.227 e. The lowest BCUT2D eigenvalue weighted by atomic mass is 10.0. The standard InChI is InChI=1S/C24H27N5O3S/c1-15-22(23-20(33-15)12-25-24(28-23)27-17-11-26-29(2)13-17)18-8-7-16(10-19(18)30-3)14-32-21-6-4-5-9-31-21/h7-8,10-13,21H,4-6,9,14H2,1-3H3,(H,25,27,28). The van der Waals surface area contributed by atoms with Crippen LogP contribution in [-0.4, -0.2) is 39.8 Å². The van der Waals surface area contributed by atoms with Crippen molar-refractivity contribution in [1.82, 2.24) is 19.7 Å². The van der Waals surface area contributed by atoms with Gasteiger partial charge in [-0.1, -0.05) is 12.1 Å². The summed E-state index contributed by atoms with van der Waals surface area (Å²) >= 11 is 1.68. The Hall–Kier alpha value is -3.01. The molecule has 1 saturated heterocycles. The number of fused-ring (bicyclic) bond motifs is 1. The van der Waals surface area contributed by atoms with Gasteiger partial charge in [0.2, 0.25) is 5.95 Å². The zero-order chi connectivity index (χ0) is 22.8. The fourth-order valence-corrected chi connectivity index (χ4v) is 5.05. The lowest BCUT2D eigenvalue weighted by Crippen LogP contribution is -2.22. The molecule has 1 atom stereocenters. The van der Waals surface area contributed by atoms with Crippen LogP contribution in [0.1, 0.15) is 29.7 Å². The molecule has 33 heavy (non-hydrogen) atoms. The lowest BCUT2D eigenvalue weighted by molar-refractivity contribution is -0.168. The quantitative estimate of drug-likeness (QED) is 0.402. The summed E-state index contributed by atoms with van der Waals surface area (Å²) in [5.74, 6) is 1.33. The second-order valence-corrected chi connectivity index (χ2v) is 9.37. The van der Waals surface area contributed by atoms with Gasteiger partial charge in [-0.2, -0.15) is 5.10 Å². The number of benzene rings is 1. The van der Waals surface area contributed by atoms with Crippen molar-refractivity contribution in [2.24, 2.45) is 7.05 Å². The second-order valence-electron chi connectivity index (χ2n) is 8.11. The van der Waals surface area contributed by atoms with Gasteiger partial charge in [-0.3, -0.25) is 4.68 Å². The van der Waals surface area contributed by atoms with E-state index in [1.807, 2.05) is 25.5 Å². The molecule has 4 heterocycles. The summed E-state index contributed by atoms with van der Waals surface area (Å²) < 4.78 is 20.2. The van der Waals surface area contributed by atoms with Gasteiger partial charge < -0.3 is 19.5 Å². The molecule has 1 aliphatic rings. The zero-order valence-corrected chi connectivity index (χ0v) is 19.8. The molecule has 5 rings (SSSR count). The van der Waals surface area contributed by atoms with Gasteiger partial charge in [0.05, 0.1) is 42.0 Å². The van der Waals surface area contributed by atoms with Crippen LogP contribution in [0.25, 0.3) is 21.3 Å². The first-order valence-electron chi connectivity index (χ1n) is 11.0. The van der Waals surface area contributed by atoms with E-state index in [1.165, 1.54) is 0 Å². The number of hydrogen-bond donors (Lipinski definition) is 1. The molecule has 1 N–H and O–H groups in total. The molecule has 0 amide bonds. The van der Waals surface area contributed by atoms with Gasteiger partial charge in [0.1, 0.15) is 5.75 Å². The van der Waals surface area contributed by atoms with Crippen LogP contribution in [0.4, 0.5) is 11.6 Å². The molecule has 1 fully saturated rings. The highest BCUT2D eigenvalue weighted by molar-refractivity contribution is 7.19.